The van der Waals surface area contributed by atoms with Crippen molar-refractivity contribution >= 4 is 23.4 Å². The maximum Gasteiger partial charge on any atom is 0.327 e. The Labute approximate surface area is 161 Å². The normalized spacial score (nSPS) is 21.0. The molecule has 0 spiro atoms. The molecule has 3 rings (SSSR count). The number of Topliss-reactive ketones (excluding diaryl/α,β-unsaturated/α-hetero) is 1. The number of halogens is 2. The Bertz CT molecular complexity index is 763. The van der Waals surface area contributed by atoms with Crippen LogP contribution in [-0.4, -0.2) is 41.6 Å². The van der Waals surface area contributed by atoms with Crippen LogP contribution in [0.4, 0.5) is 14.6 Å². The number of nitrogens with one attached hydrogen (secondary N) is 1. The number of nitrogens with zero attached hydrogens (tertiary/aromatic N) is 2. The highest BCUT2D eigenvalue weighted by molar-refractivity contribution is 5.87. The lowest BCUT2D eigenvalue weighted by molar-refractivity contribution is -0.154. The topological polar surface area (TPSA) is 105 Å². The Morgan fingerprint density at radius 2 is 2.00 bits per heavy atom. The fraction of sp³-hybridized carbons (Fsp3) is 0.579. The summed E-state index contributed by atoms with van der Waals surface area (Å²) < 4.78 is 28.7. The zero-order valence-electron chi connectivity index (χ0n) is 15.5. The molecule has 1 aromatic heterocycles. The van der Waals surface area contributed by atoms with Crippen molar-refractivity contribution in [2.75, 3.05) is 18.0 Å². The van der Waals surface area contributed by atoms with Crippen molar-refractivity contribution in [2.24, 2.45) is 17.6 Å². The predicted octanol–water partition coefficient (Wildman–Crippen LogP) is 1.40. The van der Waals surface area contributed by atoms with E-state index in [1.807, 2.05) is 4.90 Å². The summed E-state index contributed by atoms with van der Waals surface area (Å²) in [6, 6.07) is 3.40. The molecule has 1 saturated heterocycles. The molecule has 2 amide bonds. The van der Waals surface area contributed by atoms with E-state index in [2.05, 4.69) is 10.3 Å². The molecule has 1 aromatic rings. The lowest BCUT2D eigenvalue weighted by Gasteiger charge is -2.32. The second-order valence-corrected chi connectivity index (χ2v) is 7.43. The summed E-state index contributed by atoms with van der Waals surface area (Å²) in [7, 11) is 0. The Morgan fingerprint density at radius 1 is 1.29 bits per heavy atom. The standard InChI is InChI=1S/C19H24F2N4O3/c20-19(21,14-3-4-15(26)10-14)18(28)24-11-13-2-1-7-23-17(13)25-8-5-12(6-9-25)16(22)27/h1-2,7,12,14H,3-6,8-11H2,(H2,22,27)(H,24,28). The molecule has 3 N–H and O–H groups in total. The van der Waals surface area contributed by atoms with Crippen molar-refractivity contribution in [3.8, 4) is 0 Å². The average Bonchev–Trinajstić information content (AvgIpc) is 3.13. The Hall–Kier alpha value is -2.58. The number of hydrogen-bond donors (Lipinski definition) is 2. The summed E-state index contributed by atoms with van der Waals surface area (Å²) in [5.41, 5.74) is 5.97. The van der Waals surface area contributed by atoms with Gasteiger partial charge < -0.3 is 16.0 Å². The van der Waals surface area contributed by atoms with E-state index in [4.69, 9.17) is 5.73 Å². The number of carbonyl (C=O) groups excluding carboxylic acids is 3. The molecule has 2 heterocycles. The molecule has 1 unspecified atom stereocenters. The number of pyridine rings is 1. The van der Waals surface area contributed by atoms with Crippen molar-refractivity contribution in [1.29, 1.82) is 0 Å². The molecule has 0 bridgehead atoms. The average molecular weight is 394 g/mol. The van der Waals surface area contributed by atoms with Crippen molar-refractivity contribution < 1.29 is 23.2 Å². The Balaban J connectivity index is 1.63. The van der Waals surface area contributed by atoms with Gasteiger partial charge in [-0.25, -0.2) is 4.98 Å². The first-order chi connectivity index (χ1) is 13.3. The van der Waals surface area contributed by atoms with Crippen LogP contribution in [0.1, 0.15) is 37.7 Å². The third-order valence-electron chi connectivity index (χ3n) is 5.56. The monoisotopic (exact) mass is 394 g/mol. The Morgan fingerprint density at radius 3 is 2.61 bits per heavy atom. The largest absolute Gasteiger partial charge is 0.369 e. The molecular formula is C19H24F2N4O3. The van der Waals surface area contributed by atoms with Gasteiger partial charge in [-0.2, -0.15) is 8.78 Å². The van der Waals surface area contributed by atoms with Crippen molar-refractivity contribution in [2.45, 2.75) is 44.6 Å². The van der Waals surface area contributed by atoms with Crippen LogP contribution in [0.3, 0.4) is 0 Å². The van der Waals surface area contributed by atoms with Crippen molar-refractivity contribution in [3.63, 3.8) is 0 Å². The van der Waals surface area contributed by atoms with Crippen LogP contribution in [-0.2, 0) is 20.9 Å². The number of anilines is 1. The second kappa shape index (κ2) is 8.20. The summed E-state index contributed by atoms with van der Waals surface area (Å²) >= 11 is 0. The molecule has 1 atom stereocenters. The Kier molecular flexibility index (Phi) is 5.90. The van der Waals surface area contributed by atoms with Crippen LogP contribution in [0.2, 0.25) is 0 Å². The van der Waals surface area contributed by atoms with E-state index in [0.29, 0.717) is 37.3 Å². The van der Waals surface area contributed by atoms with E-state index in [1.54, 1.807) is 18.3 Å². The first kappa shape index (κ1) is 20.2. The molecule has 2 aliphatic rings. The number of amides is 2. The van der Waals surface area contributed by atoms with Gasteiger partial charge in [-0.1, -0.05) is 6.07 Å². The fourth-order valence-electron chi connectivity index (χ4n) is 3.83. The number of alkyl halides is 2. The number of carbonyl (C=O) groups is 3. The molecule has 28 heavy (non-hydrogen) atoms. The van der Waals surface area contributed by atoms with Crippen LogP contribution >= 0.6 is 0 Å². The van der Waals surface area contributed by atoms with Crippen LogP contribution < -0.4 is 16.0 Å². The summed E-state index contributed by atoms with van der Waals surface area (Å²) in [5.74, 6) is -6.29. The molecule has 2 fully saturated rings. The lowest BCUT2D eigenvalue weighted by atomic mass is 9.96. The summed E-state index contributed by atoms with van der Waals surface area (Å²) in [4.78, 5) is 41.0. The number of aromatic nitrogens is 1. The molecule has 0 radical (unpaired) electrons. The van der Waals surface area contributed by atoms with E-state index >= 15 is 0 Å². The number of nitrogens with two attached hydrogens (primary N) is 1. The summed E-state index contributed by atoms with van der Waals surface area (Å²) in [5, 5.41) is 2.30. The SMILES string of the molecule is NC(=O)C1CCN(c2ncccc2CNC(=O)C(F)(F)C2CCC(=O)C2)CC1. The van der Waals surface area contributed by atoms with Gasteiger partial charge in [0.1, 0.15) is 11.6 Å². The zero-order valence-corrected chi connectivity index (χ0v) is 15.5. The molecule has 152 valence electrons. The van der Waals surface area contributed by atoms with Gasteiger partial charge in [-0.05, 0) is 25.3 Å². The van der Waals surface area contributed by atoms with Gasteiger partial charge in [-0.15, -0.1) is 0 Å². The number of primary amides is 1. The zero-order chi connectivity index (χ0) is 20.3. The minimum absolute atomic E-state index is 0.0339. The maximum absolute atomic E-state index is 14.3. The molecule has 1 saturated carbocycles. The van der Waals surface area contributed by atoms with Gasteiger partial charge >= 0.3 is 5.92 Å². The van der Waals surface area contributed by atoms with E-state index in [0.717, 1.165) is 0 Å². The fourth-order valence-corrected chi connectivity index (χ4v) is 3.83. The highest BCUT2D eigenvalue weighted by Crippen LogP contribution is 2.36. The van der Waals surface area contributed by atoms with Gasteiger partial charge in [0.2, 0.25) is 5.91 Å². The maximum atomic E-state index is 14.3. The third-order valence-corrected chi connectivity index (χ3v) is 5.56. The molecule has 7 nitrogen and oxygen atoms in total. The smallest absolute Gasteiger partial charge is 0.327 e. The minimum Gasteiger partial charge on any atom is -0.369 e. The van der Waals surface area contributed by atoms with Crippen molar-refractivity contribution in [1.82, 2.24) is 10.3 Å². The quantitative estimate of drug-likeness (QED) is 0.759. The van der Waals surface area contributed by atoms with Gasteiger partial charge in [0.05, 0.1) is 0 Å². The van der Waals surface area contributed by atoms with E-state index in [-0.39, 0.29) is 43.4 Å². The van der Waals surface area contributed by atoms with E-state index in [9.17, 15) is 23.2 Å². The first-order valence-corrected chi connectivity index (χ1v) is 9.45. The number of hydrogen-bond acceptors (Lipinski definition) is 5. The van der Waals surface area contributed by atoms with Crippen LogP contribution in [0, 0.1) is 11.8 Å². The highest BCUT2D eigenvalue weighted by Gasteiger charge is 2.49. The van der Waals surface area contributed by atoms with Crippen molar-refractivity contribution in [3.05, 3.63) is 23.9 Å². The van der Waals surface area contributed by atoms with Gasteiger partial charge in [0.25, 0.3) is 5.91 Å². The molecule has 0 aromatic carbocycles. The first-order valence-electron chi connectivity index (χ1n) is 9.45. The van der Waals surface area contributed by atoms with Gasteiger partial charge in [-0.3, -0.25) is 14.4 Å². The predicted molar refractivity (Wildman–Crippen MR) is 97.5 cm³/mol. The molecular weight excluding hydrogens is 370 g/mol. The molecule has 9 heteroatoms. The summed E-state index contributed by atoms with van der Waals surface area (Å²) in [6.07, 6.45) is 2.68. The van der Waals surface area contributed by atoms with Crippen LogP contribution in [0.5, 0.6) is 0 Å². The van der Waals surface area contributed by atoms with Crippen LogP contribution in [0.15, 0.2) is 18.3 Å². The highest BCUT2D eigenvalue weighted by atomic mass is 19.3. The van der Waals surface area contributed by atoms with E-state index < -0.39 is 17.7 Å². The van der Waals surface area contributed by atoms with Gasteiger partial charge in [0.15, 0.2) is 0 Å². The molecule has 1 aliphatic heterocycles. The number of ketones is 1. The second-order valence-electron chi connectivity index (χ2n) is 7.43. The number of rotatable bonds is 6. The third kappa shape index (κ3) is 4.28. The van der Waals surface area contributed by atoms with Crippen LogP contribution in [0.25, 0.3) is 0 Å². The summed E-state index contributed by atoms with van der Waals surface area (Å²) in [6.45, 7) is 1.06. The minimum atomic E-state index is -3.58. The lowest BCUT2D eigenvalue weighted by Crippen LogP contribution is -2.45. The number of piperidine rings is 1. The molecule has 1 aliphatic carbocycles. The van der Waals surface area contributed by atoms with E-state index in [1.165, 1.54) is 0 Å². The van der Waals surface area contributed by atoms with Gasteiger partial charge in [0, 0.05) is 56.1 Å².